The third-order valence-corrected chi connectivity index (χ3v) is 18.5. The lowest BCUT2D eigenvalue weighted by Crippen LogP contribution is -2.30. The van der Waals surface area contributed by atoms with Gasteiger partial charge in [-0.05, 0) is 49.4 Å². The SMILES string of the molecule is CC(C)CCCCCCCCCCCCCCCCC(=O)O[C@H](COC(=O)CCCCCCCCCCCC(C)C)COP(=O)(O)OCC(O)COP(=O)(O)OC[C@@H](COC(=O)CCCCCCCCCC(C)C)OC(=O)CCCCCCCCCCCC(C)C. The first kappa shape index (κ1) is 89.1. The fourth-order valence-electron chi connectivity index (χ4n) is 10.8. The van der Waals surface area contributed by atoms with Gasteiger partial charge in [-0.25, -0.2) is 9.13 Å². The minimum Gasteiger partial charge on any atom is -0.462 e. The number of hydrogen-bond acceptors (Lipinski definition) is 15. The molecular formula is C72H140O17P2. The van der Waals surface area contributed by atoms with Crippen molar-refractivity contribution in [2.75, 3.05) is 39.6 Å². The highest BCUT2D eigenvalue weighted by Crippen LogP contribution is 2.45. The first-order valence-corrected chi connectivity index (χ1v) is 40.2. The molecule has 0 saturated carbocycles. The predicted molar refractivity (Wildman–Crippen MR) is 367 cm³/mol. The monoisotopic (exact) mass is 1340 g/mol. The van der Waals surface area contributed by atoms with Crippen LogP contribution < -0.4 is 0 Å². The maximum atomic E-state index is 13.0. The average molecular weight is 1340 g/mol. The largest absolute Gasteiger partial charge is 0.472 e. The van der Waals surface area contributed by atoms with E-state index in [4.69, 9.17) is 37.0 Å². The number of carbonyl (C=O) groups is 4. The van der Waals surface area contributed by atoms with Crippen LogP contribution in [0.2, 0.25) is 0 Å². The topological polar surface area (TPSA) is 237 Å². The van der Waals surface area contributed by atoms with E-state index < -0.39 is 97.5 Å². The van der Waals surface area contributed by atoms with Gasteiger partial charge in [0, 0.05) is 25.7 Å². The molecule has 0 aromatic rings. The summed E-state index contributed by atoms with van der Waals surface area (Å²) in [5, 5.41) is 10.6. The second-order valence-corrected chi connectivity index (χ2v) is 30.8. The second-order valence-electron chi connectivity index (χ2n) is 27.9. The Balaban J connectivity index is 5.25. The zero-order chi connectivity index (χ0) is 67.5. The molecular weight excluding hydrogens is 1200 g/mol. The van der Waals surface area contributed by atoms with Gasteiger partial charge in [-0.15, -0.1) is 0 Å². The summed E-state index contributed by atoms with van der Waals surface area (Å²) in [7, 11) is -9.91. The summed E-state index contributed by atoms with van der Waals surface area (Å²) in [5.74, 6) is 0.853. The predicted octanol–water partition coefficient (Wildman–Crippen LogP) is 20.5. The number of hydrogen-bond donors (Lipinski definition) is 3. The zero-order valence-corrected chi connectivity index (χ0v) is 61.3. The maximum Gasteiger partial charge on any atom is 0.472 e. The summed E-state index contributed by atoms with van der Waals surface area (Å²) in [4.78, 5) is 72.6. The van der Waals surface area contributed by atoms with Gasteiger partial charge in [0.1, 0.15) is 19.3 Å². The molecule has 0 amide bonds. The van der Waals surface area contributed by atoms with Crippen molar-refractivity contribution in [3.63, 3.8) is 0 Å². The number of aliphatic hydroxyl groups is 1. The molecule has 0 spiro atoms. The van der Waals surface area contributed by atoms with Crippen molar-refractivity contribution in [2.24, 2.45) is 23.7 Å². The summed E-state index contributed by atoms with van der Waals surface area (Å²) in [5.41, 5.74) is 0. The highest BCUT2D eigenvalue weighted by atomic mass is 31.2. The van der Waals surface area contributed by atoms with Crippen molar-refractivity contribution in [1.29, 1.82) is 0 Å². The molecule has 91 heavy (non-hydrogen) atoms. The van der Waals surface area contributed by atoms with Crippen LogP contribution in [-0.4, -0.2) is 96.7 Å². The van der Waals surface area contributed by atoms with Gasteiger partial charge >= 0.3 is 39.5 Å². The number of phosphoric acid groups is 2. The van der Waals surface area contributed by atoms with Crippen LogP contribution in [0.25, 0.3) is 0 Å². The molecule has 5 atom stereocenters. The standard InChI is InChI=1S/C72H140O17P2/c1-62(2)48-40-32-24-17-13-11-9-10-12-14-20-29-38-46-54-71(76)88-67(58-82-69(74)52-44-36-28-21-15-18-25-33-41-49-63(3)4)60-86-90(78,79)84-56-66(73)57-85-91(80,81)87-61-68(59-83-70(75)53-45-37-31-23-27-35-43-51-65(7)8)89-72(77)55-47-39-30-22-16-19-26-34-42-50-64(5)6/h62-68,73H,9-61H2,1-8H3,(H,78,79)(H,80,81)/t66?,67-,68-/m1/s1. The molecule has 0 aromatic carbocycles. The molecule has 540 valence electrons. The molecule has 3 unspecified atom stereocenters. The van der Waals surface area contributed by atoms with E-state index in [0.717, 1.165) is 114 Å². The normalized spacial score (nSPS) is 14.2. The number of rotatable bonds is 69. The highest BCUT2D eigenvalue weighted by molar-refractivity contribution is 7.47. The van der Waals surface area contributed by atoms with Crippen molar-refractivity contribution < 1.29 is 80.2 Å². The van der Waals surface area contributed by atoms with Crippen molar-refractivity contribution in [3.8, 4) is 0 Å². The van der Waals surface area contributed by atoms with Gasteiger partial charge < -0.3 is 33.8 Å². The number of aliphatic hydroxyl groups excluding tert-OH is 1. The summed E-state index contributed by atoms with van der Waals surface area (Å²) in [6.45, 7) is 14.1. The average Bonchev–Trinajstić information content (AvgIpc) is 3.71. The number of unbranched alkanes of at least 4 members (excludes halogenated alkanes) is 35. The number of ether oxygens (including phenoxy) is 4. The molecule has 0 fully saturated rings. The van der Waals surface area contributed by atoms with Gasteiger partial charge in [-0.1, -0.05) is 306 Å². The molecule has 0 heterocycles. The third-order valence-electron chi connectivity index (χ3n) is 16.6. The Labute approximate surface area is 556 Å². The fourth-order valence-corrected chi connectivity index (χ4v) is 12.4. The van der Waals surface area contributed by atoms with Gasteiger partial charge in [0.15, 0.2) is 12.2 Å². The van der Waals surface area contributed by atoms with Crippen LogP contribution in [0.15, 0.2) is 0 Å². The van der Waals surface area contributed by atoms with E-state index >= 15 is 0 Å². The van der Waals surface area contributed by atoms with Crippen LogP contribution >= 0.6 is 15.6 Å². The quantitative estimate of drug-likeness (QED) is 0.0222. The molecule has 0 aliphatic heterocycles. The van der Waals surface area contributed by atoms with Crippen LogP contribution in [0.1, 0.15) is 357 Å². The smallest absolute Gasteiger partial charge is 0.462 e. The van der Waals surface area contributed by atoms with Gasteiger partial charge in [-0.3, -0.25) is 37.3 Å². The van der Waals surface area contributed by atoms with Gasteiger partial charge in [0.2, 0.25) is 0 Å². The molecule has 0 aromatic heterocycles. The van der Waals surface area contributed by atoms with E-state index in [9.17, 15) is 43.2 Å². The lowest BCUT2D eigenvalue weighted by atomic mass is 10.0. The van der Waals surface area contributed by atoms with E-state index in [1.807, 2.05) is 0 Å². The van der Waals surface area contributed by atoms with Crippen molar-refractivity contribution >= 4 is 39.5 Å². The van der Waals surface area contributed by atoms with Crippen molar-refractivity contribution in [3.05, 3.63) is 0 Å². The van der Waals surface area contributed by atoms with E-state index in [2.05, 4.69) is 55.4 Å². The van der Waals surface area contributed by atoms with Crippen LogP contribution in [0.3, 0.4) is 0 Å². The number of carbonyl (C=O) groups excluding carboxylic acids is 4. The fraction of sp³-hybridized carbons (Fsp3) is 0.944. The Morgan fingerprint density at radius 2 is 0.462 bits per heavy atom. The van der Waals surface area contributed by atoms with Gasteiger partial charge in [0.25, 0.3) is 0 Å². The van der Waals surface area contributed by atoms with E-state index in [1.165, 1.54) is 154 Å². The molecule has 0 radical (unpaired) electrons. The Kier molecular flexibility index (Phi) is 60.3. The summed E-state index contributed by atoms with van der Waals surface area (Å²) in [6.07, 6.45) is 44.5. The van der Waals surface area contributed by atoms with Crippen LogP contribution in [0.4, 0.5) is 0 Å². The number of esters is 4. The molecule has 0 saturated heterocycles. The molecule has 0 aliphatic carbocycles. The Morgan fingerprint density at radius 3 is 0.681 bits per heavy atom. The first-order valence-electron chi connectivity index (χ1n) is 37.2. The zero-order valence-electron chi connectivity index (χ0n) is 59.5. The maximum absolute atomic E-state index is 13.0. The van der Waals surface area contributed by atoms with Crippen molar-refractivity contribution in [2.45, 2.75) is 375 Å². The first-order chi connectivity index (χ1) is 43.6. The molecule has 0 rings (SSSR count). The molecule has 17 nitrogen and oxygen atoms in total. The van der Waals surface area contributed by atoms with Gasteiger partial charge in [-0.2, -0.15) is 0 Å². The summed E-state index contributed by atoms with van der Waals surface area (Å²) in [6, 6.07) is 0. The summed E-state index contributed by atoms with van der Waals surface area (Å²) < 4.78 is 68.3. The van der Waals surface area contributed by atoms with Crippen LogP contribution in [0.5, 0.6) is 0 Å². The number of phosphoric ester groups is 2. The van der Waals surface area contributed by atoms with E-state index in [-0.39, 0.29) is 25.7 Å². The van der Waals surface area contributed by atoms with E-state index in [0.29, 0.717) is 31.6 Å². The van der Waals surface area contributed by atoms with E-state index in [1.54, 1.807) is 0 Å². The lowest BCUT2D eigenvalue weighted by molar-refractivity contribution is -0.161. The van der Waals surface area contributed by atoms with Gasteiger partial charge in [0.05, 0.1) is 26.4 Å². The minimum atomic E-state index is -4.95. The molecule has 0 bridgehead atoms. The molecule has 0 aliphatic rings. The summed E-state index contributed by atoms with van der Waals surface area (Å²) >= 11 is 0. The molecule has 3 N–H and O–H groups in total. The molecule has 19 heteroatoms. The Hall–Kier alpha value is -1.94. The van der Waals surface area contributed by atoms with Crippen LogP contribution in [-0.2, 0) is 65.4 Å². The minimum absolute atomic E-state index is 0.104. The second kappa shape index (κ2) is 61.6. The lowest BCUT2D eigenvalue weighted by Gasteiger charge is -2.21. The third kappa shape index (κ3) is 66.5. The van der Waals surface area contributed by atoms with Crippen LogP contribution in [0, 0.1) is 23.7 Å². The van der Waals surface area contributed by atoms with Crippen molar-refractivity contribution in [1.82, 2.24) is 0 Å². The Morgan fingerprint density at radius 1 is 0.275 bits per heavy atom. The highest BCUT2D eigenvalue weighted by Gasteiger charge is 2.30. The Bertz CT molecular complexity index is 1800.